The Labute approximate surface area is 152 Å². The maximum Gasteiger partial charge on any atom is 0.173 e. The zero-order valence-corrected chi connectivity index (χ0v) is 14.8. The van der Waals surface area contributed by atoms with Gasteiger partial charge in [0.1, 0.15) is 0 Å². The van der Waals surface area contributed by atoms with Gasteiger partial charge in [-0.1, -0.05) is 18.2 Å². The number of hydrogen-bond donors (Lipinski definition) is 1. The minimum atomic E-state index is 0.844. The third kappa shape index (κ3) is 2.90. The van der Waals surface area contributed by atoms with E-state index in [9.17, 15) is 0 Å². The lowest BCUT2D eigenvalue weighted by molar-refractivity contribution is 0.240. The summed E-state index contributed by atoms with van der Waals surface area (Å²) < 4.78 is 0. The quantitative estimate of drug-likeness (QED) is 0.792. The molecule has 0 saturated heterocycles. The molecule has 2 aliphatic heterocycles. The number of aromatic nitrogens is 4. The summed E-state index contributed by atoms with van der Waals surface area (Å²) in [6.07, 6.45) is 6.37. The van der Waals surface area contributed by atoms with Crippen molar-refractivity contribution in [2.75, 3.05) is 13.1 Å². The lowest BCUT2D eigenvalue weighted by Crippen LogP contribution is -2.31. The van der Waals surface area contributed by atoms with Crippen molar-refractivity contribution in [1.29, 1.82) is 0 Å². The van der Waals surface area contributed by atoms with Crippen LogP contribution in [0.5, 0.6) is 0 Å². The van der Waals surface area contributed by atoms with Gasteiger partial charge in [-0.3, -0.25) is 15.0 Å². The van der Waals surface area contributed by atoms with E-state index >= 15 is 0 Å². The van der Waals surface area contributed by atoms with E-state index in [4.69, 9.17) is 4.98 Å². The average Bonchev–Trinajstić information content (AvgIpc) is 3.11. The summed E-state index contributed by atoms with van der Waals surface area (Å²) in [6, 6.07) is 8.27. The highest BCUT2D eigenvalue weighted by Gasteiger charge is 2.21. The lowest BCUT2D eigenvalue weighted by atomic mass is 10.1. The molecule has 0 amide bonds. The SMILES string of the molecule is c1ccc2c(CN3CCc4nc(C5=NCCCC5)ncc4C3)[nH]nc2c1. The van der Waals surface area contributed by atoms with Gasteiger partial charge in [0.2, 0.25) is 0 Å². The average molecular weight is 346 g/mol. The maximum absolute atomic E-state index is 4.83. The van der Waals surface area contributed by atoms with Crippen LogP contribution in [0.4, 0.5) is 0 Å². The molecular weight excluding hydrogens is 324 g/mol. The van der Waals surface area contributed by atoms with Gasteiger partial charge in [0.05, 0.1) is 22.6 Å². The molecule has 6 nitrogen and oxygen atoms in total. The maximum atomic E-state index is 4.83. The van der Waals surface area contributed by atoms with Crippen molar-refractivity contribution in [3.63, 3.8) is 0 Å². The molecule has 0 spiro atoms. The third-order valence-corrected chi connectivity index (χ3v) is 5.32. The van der Waals surface area contributed by atoms with Gasteiger partial charge in [-0.05, 0) is 25.3 Å². The Morgan fingerprint density at radius 3 is 3.00 bits per heavy atom. The van der Waals surface area contributed by atoms with Crippen molar-refractivity contribution in [2.45, 2.75) is 38.8 Å². The molecule has 3 aromatic rings. The number of benzene rings is 1. The number of fused-ring (bicyclic) bond motifs is 2. The minimum Gasteiger partial charge on any atom is -0.293 e. The predicted molar refractivity (Wildman–Crippen MR) is 101 cm³/mol. The summed E-state index contributed by atoms with van der Waals surface area (Å²) in [5, 5.41) is 8.81. The molecule has 0 saturated carbocycles. The fourth-order valence-electron chi connectivity index (χ4n) is 3.89. The molecule has 2 aliphatic rings. The molecule has 0 fully saturated rings. The van der Waals surface area contributed by atoms with Crippen LogP contribution in [-0.4, -0.2) is 43.9 Å². The molecule has 5 rings (SSSR count). The van der Waals surface area contributed by atoms with Crippen LogP contribution in [-0.2, 0) is 19.5 Å². The largest absolute Gasteiger partial charge is 0.293 e. The van der Waals surface area contributed by atoms with E-state index in [0.29, 0.717) is 0 Å². The first kappa shape index (κ1) is 15.6. The summed E-state index contributed by atoms with van der Waals surface area (Å²) in [5.41, 5.74) is 5.72. The molecule has 0 aliphatic carbocycles. The van der Waals surface area contributed by atoms with E-state index in [1.807, 2.05) is 18.3 Å². The van der Waals surface area contributed by atoms with E-state index in [-0.39, 0.29) is 0 Å². The number of aromatic amines is 1. The molecule has 26 heavy (non-hydrogen) atoms. The fourth-order valence-corrected chi connectivity index (χ4v) is 3.89. The second kappa shape index (κ2) is 6.61. The van der Waals surface area contributed by atoms with Crippen LogP contribution in [0.1, 0.15) is 42.0 Å². The first-order valence-electron chi connectivity index (χ1n) is 9.39. The number of para-hydroxylation sites is 1. The van der Waals surface area contributed by atoms with Gasteiger partial charge in [-0.15, -0.1) is 0 Å². The number of aliphatic imine (C=N–C) groups is 1. The van der Waals surface area contributed by atoms with Crippen molar-refractivity contribution in [3.05, 3.63) is 53.2 Å². The van der Waals surface area contributed by atoms with E-state index in [1.165, 1.54) is 35.2 Å². The predicted octanol–water partition coefficient (Wildman–Crippen LogP) is 2.88. The molecule has 0 radical (unpaired) electrons. The molecule has 0 unspecified atom stereocenters. The van der Waals surface area contributed by atoms with Gasteiger partial charge in [0.25, 0.3) is 0 Å². The molecule has 6 heteroatoms. The molecule has 4 heterocycles. The van der Waals surface area contributed by atoms with Crippen molar-refractivity contribution >= 4 is 16.6 Å². The molecule has 132 valence electrons. The highest BCUT2D eigenvalue weighted by molar-refractivity contribution is 5.97. The van der Waals surface area contributed by atoms with Gasteiger partial charge in [-0.25, -0.2) is 9.97 Å². The van der Waals surface area contributed by atoms with Crippen molar-refractivity contribution in [3.8, 4) is 0 Å². The van der Waals surface area contributed by atoms with Crippen LogP contribution >= 0.6 is 0 Å². The Bertz CT molecular complexity index is 973. The standard InChI is InChI=1S/C20H22N6/c1-2-6-17-15(5-1)19(25-24-17)13-26-10-8-16-14(12-26)11-22-20(23-16)18-7-3-4-9-21-18/h1-2,5-6,11H,3-4,7-10,12-13H2,(H,24,25). The zero-order valence-electron chi connectivity index (χ0n) is 14.8. The van der Waals surface area contributed by atoms with Crippen molar-refractivity contribution < 1.29 is 0 Å². The summed E-state index contributed by atoms with van der Waals surface area (Å²) in [4.78, 5) is 16.5. The Balaban J connectivity index is 1.34. The lowest BCUT2D eigenvalue weighted by Gasteiger charge is -2.27. The third-order valence-electron chi connectivity index (χ3n) is 5.32. The number of hydrogen-bond acceptors (Lipinski definition) is 5. The van der Waals surface area contributed by atoms with E-state index in [0.717, 1.165) is 56.1 Å². The Morgan fingerprint density at radius 2 is 2.08 bits per heavy atom. The van der Waals surface area contributed by atoms with Gasteiger partial charge >= 0.3 is 0 Å². The summed E-state index contributed by atoms with van der Waals surface area (Å²) >= 11 is 0. The first-order chi connectivity index (χ1) is 12.9. The van der Waals surface area contributed by atoms with Gasteiger partial charge in [-0.2, -0.15) is 5.10 Å². The van der Waals surface area contributed by atoms with Crippen LogP contribution in [0, 0.1) is 0 Å². The van der Waals surface area contributed by atoms with Gasteiger partial charge < -0.3 is 0 Å². The molecule has 1 N–H and O–H groups in total. The summed E-state index contributed by atoms with van der Waals surface area (Å²) in [5.74, 6) is 0.844. The van der Waals surface area contributed by atoms with Crippen LogP contribution in [0.15, 0.2) is 35.5 Å². The number of nitrogens with zero attached hydrogens (tertiary/aromatic N) is 5. The molecule has 2 aromatic heterocycles. The van der Waals surface area contributed by atoms with Crippen LogP contribution in [0.3, 0.4) is 0 Å². The number of nitrogens with one attached hydrogen (secondary N) is 1. The van der Waals surface area contributed by atoms with E-state index in [2.05, 4.69) is 37.2 Å². The minimum absolute atomic E-state index is 0.844. The Morgan fingerprint density at radius 1 is 1.12 bits per heavy atom. The zero-order chi connectivity index (χ0) is 17.3. The first-order valence-corrected chi connectivity index (χ1v) is 9.39. The topological polar surface area (TPSA) is 70.1 Å². The van der Waals surface area contributed by atoms with Crippen LogP contribution in [0.25, 0.3) is 10.9 Å². The van der Waals surface area contributed by atoms with E-state index < -0.39 is 0 Å². The highest BCUT2D eigenvalue weighted by atomic mass is 15.2. The Hall–Kier alpha value is -2.60. The molecular formula is C20H22N6. The summed E-state index contributed by atoms with van der Waals surface area (Å²) in [7, 11) is 0. The second-order valence-electron chi connectivity index (χ2n) is 7.13. The van der Waals surface area contributed by atoms with Crippen LogP contribution in [0.2, 0.25) is 0 Å². The smallest absolute Gasteiger partial charge is 0.173 e. The second-order valence-corrected chi connectivity index (χ2v) is 7.13. The van der Waals surface area contributed by atoms with Gasteiger partial charge in [0.15, 0.2) is 5.82 Å². The Kier molecular flexibility index (Phi) is 3.97. The monoisotopic (exact) mass is 346 g/mol. The number of rotatable bonds is 3. The summed E-state index contributed by atoms with van der Waals surface area (Å²) in [6.45, 7) is 3.68. The van der Waals surface area contributed by atoms with Crippen LogP contribution < -0.4 is 0 Å². The van der Waals surface area contributed by atoms with Crippen molar-refractivity contribution in [1.82, 2.24) is 25.1 Å². The molecule has 0 bridgehead atoms. The van der Waals surface area contributed by atoms with Gasteiger partial charge in [0, 0.05) is 49.7 Å². The molecule has 1 aromatic carbocycles. The van der Waals surface area contributed by atoms with E-state index in [1.54, 1.807) is 0 Å². The highest BCUT2D eigenvalue weighted by Crippen LogP contribution is 2.22. The van der Waals surface area contributed by atoms with Crippen molar-refractivity contribution in [2.24, 2.45) is 4.99 Å². The molecule has 0 atom stereocenters. The number of H-pyrrole nitrogens is 1. The fraction of sp³-hybridized carbons (Fsp3) is 0.400. The normalized spacial score (nSPS) is 17.9.